The molecule has 0 aromatic rings. The van der Waals surface area contributed by atoms with Gasteiger partial charge in [-0.2, -0.15) is 0 Å². The number of rotatable bonds is 3. The topological polar surface area (TPSA) is 35.5 Å². The highest BCUT2D eigenvalue weighted by Gasteiger charge is 2.06. The average molecular weight is 160 g/mol. The van der Waals surface area contributed by atoms with Crippen molar-refractivity contribution in [3.05, 3.63) is 11.8 Å². The molecule has 0 unspecified atom stereocenters. The Labute approximate surface area is 63.6 Å². The molecule has 0 aliphatic carbocycles. The molecule has 4 heteroatoms. The minimum absolute atomic E-state index is 0.313. The number of hydrogen-bond donors (Lipinski definition) is 0. The minimum Gasteiger partial charge on any atom is -0.549 e. The molecule has 0 spiro atoms. The van der Waals surface area contributed by atoms with Gasteiger partial charge in [-0.3, -0.25) is 0 Å². The summed E-state index contributed by atoms with van der Waals surface area (Å²) in [7, 11) is 0.518. The molecule has 10 heavy (non-hydrogen) atoms. The Bertz CT molecular complexity index is 142. The number of carbonyl (C=O) groups is 1. The first kappa shape index (κ1) is 9.23. The van der Waals surface area contributed by atoms with Gasteiger partial charge in [-0.25, -0.2) is 4.79 Å². The van der Waals surface area contributed by atoms with Gasteiger partial charge in [0.15, 0.2) is 5.76 Å². The zero-order valence-electron chi connectivity index (χ0n) is 6.51. The molecule has 58 valence electrons. The van der Waals surface area contributed by atoms with E-state index in [0.717, 1.165) is 0 Å². The number of esters is 1. The van der Waals surface area contributed by atoms with Crippen LogP contribution in [0.1, 0.15) is 13.8 Å². The normalized spacial score (nSPS) is 11.2. The lowest BCUT2D eigenvalue weighted by Crippen LogP contribution is -2.08. The van der Waals surface area contributed by atoms with Gasteiger partial charge in [0.05, 0.1) is 6.61 Å². The van der Waals surface area contributed by atoms with Crippen molar-refractivity contribution in [2.45, 2.75) is 13.8 Å². The lowest BCUT2D eigenvalue weighted by atomic mass is 10.5. The molecule has 0 rings (SSSR count). The van der Waals surface area contributed by atoms with Crippen molar-refractivity contribution in [3.63, 3.8) is 0 Å². The van der Waals surface area contributed by atoms with E-state index in [2.05, 4.69) is 4.74 Å². The van der Waals surface area contributed by atoms with Crippen LogP contribution in [0.3, 0.4) is 0 Å². The third-order valence-corrected chi connectivity index (χ3v) is 1.40. The molecule has 0 aliphatic rings. The van der Waals surface area contributed by atoms with E-state index >= 15 is 0 Å². The predicted octanol–water partition coefficient (Wildman–Crippen LogP) is -0.250. The Morgan fingerprint density at radius 2 is 2.30 bits per heavy atom. The van der Waals surface area contributed by atoms with Crippen molar-refractivity contribution >= 4 is 16.5 Å². The third-order valence-electron chi connectivity index (χ3n) is 0.959. The highest BCUT2D eigenvalue weighted by molar-refractivity contribution is 6.02. The Hall–Kier alpha value is -0.773. The van der Waals surface area contributed by atoms with E-state index in [0.29, 0.717) is 22.9 Å². The zero-order chi connectivity index (χ0) is 7.98. The molecule has 3 nitrogen and oxygen atoms in total. The van der Waals surface area contributed by atoms with Gasteiger partial charge >= 0.3 is 5.97 Å². The summed E-state index contributed by atoms with van der Waals surface area (Å²) in [5.74, 6) is -0.0616. The van der Waals surface area contributed by atoms with Crippen LogP contribution >= 0.6 is 0 Å². The van der Waals surface area contributed by atoms with E-state index < -0.39 is 0 Å². The van der Waals surface area contributed by atoms with Gasteiger partial charge in [-0.1, -0.05) is 0 Å². The van der Waals surface area contributed by atoms with Crippen LogP contribution in [0.15, 0.2) is 11.8 Å². The van der Waals surface area contributed by atoms with Gasteiger partial charge < -0.3 is 9.16 Å². The fourth-order valence-corrected chi connectivity index (χ4v) is 0.924. The van der Waals surface area contributed by atoms with E-state index in [4.69, 9.17) is 4.43 Å². The number of hydrogen-bond acceptors (Lipinski definition) is 3. The Kier molecular flexibility index (Phi) is 4.66. The van der Waals surface area contributed by atoms with Crippen LogP contribution in [0, 0.1) is 0 Å². The SMILES string of the molecule is CC=C(O[SiH3])C(=O)OCC. The average Bonchev–Trinajstić information content (AvgIpc) is 1.91. The van der Waals surface area contributed by atoms with Crippen molar-refractivity contribution < 1.29 is 14.0 Å². The summed E-state index contributed by atoms with van der Waals surface area (Å²) in [5.41, 5.74) is 0. The molecule has 0 atom stereocenters. The monoisotopic (exact) mass is 160 g/mol. The van der Waals surface area contributed by atoms with Crippen LogP contribution in [0.4, 0.5) is 0 Å². The van der Waals surface area contributed by atoms with E-state index in [1.54, 1.807) is 19.9 Å². The molecule has 0 aliphatic heterocycles. The van der Waals surface area contributed by atoms with Gasteiger partial charge in [0.2, 0.25) is 10.5 Å². The van der Waals surface area contributed by atoms with Gasteiger partial charge in [-0.05, 0) is 19.9 Å². The second-order valence-electron chi connectivity index (χ2n) is 1.58. The molecule has 0 fully saturated rings. The standard InChI is InChI=1S/C6H12O3Si/c1-3-5(9-10)6(7)8-4-2/h3H,4H2,1-2,10H3. The minimum atomic E-state index is -0.375. The summed E-state index contributed by atoms with van der Waals surface area (Å²) >= 11 is 0. The Balaban J connectivity index is 3.91. The lowest BCUT2D eigenvalue weighted by molar-refractivity contribution is -0.140. The summed E-state index contributed by atoms with van der Waals surface area (Å²) < 4.78 is 9.52. The summed E-state index contributed by atoms with van der Waals surface area (Å²) in [5, 5.41) is 0. The largest absolute Gasteiger partial charge is 0.549 e. The molecule has 0 heterocycles. The number of ether oxygens (including phenoxy) is 1. The van der Waals surface area contributed by atoms with Crippen molar-refractivity contribution in [1.29, 1.82) is 0 Å². The van der Waals surface area contributed by atoms with Crippen molar-refractivity contribution in [2.75, 3.05) is 6.61 Å². The van der Waals surface area contributed by atoms with Crippen LogP contribution in [-0.4, -0.2) is 23.1 Å². The fraction of sp³-hybridized carbons (Fsp3) is 0.500. The summed E-state index contributed by atoms with van der Waals surface area (Å²) in [4.78, 5) is 10.8. The molecule has 0 saturated heterocycles. The predicted molar refractivity (Wildman–Crippen MR) is 41.4 cm³/mol. The van der Waals surface area contributed by atoms with E-state index in [-0.39, 0.29) is 5.97 Å². The molecule has 0 saturated carbocycles. The Morgan fingerprint density at radius 1 is 1.70 bits per heavy atom. The van der Waals surface area contributed by atoms with Crippen LogP contribution < -0.4 is 0 Å². The maximum atomic E-state index is 10.8. The summed E-state index contributed by atoms with van der Waals surface area (Å²) in [6, 6.07) is 0. The lowest BCUT2D eigenvalue weighted by Gasteiger charge is -2.03. The first-order chi connectivity index (χ1) is 4.76. The molecular weight excluding hydrogens is 148 g/mol. The highest BCUT2D eigenvalue weighted by atomic mass is 28.2. The van der Waals surface area contributed by atoms with Gasteiger partial charge in [-0.15, -0.1) is 0 Å². The van der Waals surface area contributed by atoms with Crippen LogP contribution in [0.25, 0.3) is 0 Å². The maximum absolute atomic E-state index is 10.8. The molecule has 0 radical (unpaired) electrons. The van der Waals surface area contributed by atoms with Crippen molar-refractivity contribution in [3.8, 4) is 0 Å². The Morgan fingerprint density at radius 3 is 2.60 bits per heavy atom. The van der Waals surface area contributed by atoms with Gasteiger partial charge in [0.25, 0.3) is 0 Å². The van der Waals surface area contributed by atoms with E-state index in [1.807, 2.05) is 0 Å². The first-order valence-corrected chi connectivity index (χ1v) is 3.95. The van der Waals surface area contributed by atoms with Crippen molar-refractivity contribution in [2.24, 2.45) is 0 Å². The van der Waals surface area contributed by atoms with Crippen LogP contribution in [0.5, 0.6) is 0 Å². The van der Waals surface area contributed by atoms with Crippen molar-refractivity contribution in [1.82, 2.24) is 0 Å². The first-order valence-electron chi connectivity index (χ1n) is 3.13. The van der Waals surface area contributed by atoms with Crippen LogP contribution in [-0.2, 0) is 14.0 Å². The third kappa shape index (κ3) is 2.68. The van der Waals surface area contributed by atoms with Gasteiger partial charge in [0.1, 0.15) is 0 Å². The second kappa shape index (κ2) is 5.05. The molecular formula is C6H12O3Si. The van der Waals surface area contributed by atoms with E-state index in [1.165, 1.54) is 0 Å². The fourth-order valence-electron chi connectivity index (χ4n) is 0.521. The number of carbonyl (C=O) groups excluding carboxylic acids is 1. The van der Waals surface area contributed by atoms with Crippen LogP contribution in [0.2, 0.25) is 0 Å². The molecule has 0 amide bonds. The summed E-state index contributed by atoms with van der Waals surface area (Å²) in [6.45, 7) is 3.89. The molecule has 0 aromatic carbocycles. The van der Waals surface area contributed by atoms with E-state index in [9.17, 15) is 4.79 Å². The molecule has 0 aromatic heterocycles. The smallest absolute Gasteiger partial charge is 0.371 e. The summed E-state index contributed by atoms with van der Waals surface area (Å²) in [6.07, 6.45) is 1.60. The molecule has 0 bridgehead atoms. The second-order valence-corrected chi connectivity index (χ2v) is 1.99. The zero-order valence-corrected chi connectivity index (χ0v) is 8.51. The highest BCUT2D eigenvalue weighted by Crippen LogP contribution is 1.96. The number of allylic oxidation sites excluding steroid dienone is 1. The van der Waals surface area contributed by atoms with Gasteiger partial charge in [0, 0.05) is 0 Å². The maximum Gasteiger partial charge on any atom is 0.371 e. The quantitative estimate of drug-likeness (QED) is 0.247. The molecule has 0 N–H and O–H groups in total.